The first-order valence-electron chi connectivity index (χ1n) is 7.42. The van der Waals surface area contributed by atoms with Crippen LogP contribution in [0.1, 0.15) is 44.9 Å². The van der Waals surface area contributed by atoms with Crippen molar-refractivity contribution in [3.8, 4) is 0 Å². The van der Waals surface area contributed by atoms with E-state index in [1.165, 1.54) is 32.1 Å². The number of carbonyl (C=O) groups is 2. The lowest BCUT2D eigenvalue weighted by molar-refractivity contribution is -0.143. The number of hydrogen-bond donors (Lipinski definition) is 2. The standard InChI is InChI=1S/C14H24N2O3/c17-13(18)12-7-4-8-16(10-12)14(19)15-9-11-5-2-1-3-6-11/h11-12H,1-10H2,(H,15,19)(H,17,18)/t12-/m1/s1. The maximum absolute atomic E-state index is 12.0. The van der Waals surface area contributed by atoms with Crippen molar-refractivity contribution in [3.63, 3.8) is 0 Å². The highest BCUT2D eigenvalue weighted by atomic mass is 16.4. The minimum atomic E-state index is -0.787. The molecule has 0 aromatic rings. The zero-order valence-corrected chi connectivity index (χ0v) is 11.4. The summed E-state index contributed by atoms with van der Waals surface area (Å²) in [5.41, 5.74) is 0. The van der Waals surface area contributed by atoms with Crippen LogP contribution in [-0.2, 0) is 4.79 Å². The molecule has 2 N–H and O–H groups in total. The number of carbonyl (C=O) groups excluding carboxylic acids is 1. The van der Waals surface area contributed by atoms with Gasteiger partial charge >= 0.3 is 12.0 Å². The lowest BCUT2D eigenvalue weighted by Crippen LogP contribution is -2.48. The third-order valence-electron chi connectivity index (χ3n) is 4.32. The predicted octanol–water partition coefficient (Wildman–Crippen LogP) is 2.07. The number of urea groups is 1. The van der Waals surface area contributed by atoms with Gasteiger partial charge in [-0.2, -0.15) is 0 Å². The Kier molecular flexibility index (Phi) is 5.05. The molecule has 1 heterocycles. The smallest absolute Gasteiger partial charge is 0.317 e. The van der Waals surface area contributed by atoms with E-state index < -0.39 is 11.9 Å². The molecule has 0 radical (unpaired) electrons. The van der Waals surface area contributed by atoms with Crippen LogP contribution in [0.15, 0.2) is 0 Å². The molecule has 0 aromatic heterocycles. The fourth-order valence-corrected chi connectivity index (χ4v) is 3.10. The molecular formula is C14H24N2O3. The first-order chi connectivity index (χ1) is 9.16. The number of carboxylic acids is 1. The number of likely N-dealkylation sites (tertiary alicyclic amines) is 1. The maximum atomic E-state index is 12.0. The number of piperidine rings is 1. The molecule has 2 rings (SSSR count). The van der Waals surface area contributed by atoms with Crippen molar-refractivity contribution in [1.29, 1.82) is 0 Å². The molecule has 1 saturated carbocycles. The van der Waals surface area contributed by atoms with Crippen LogP contribution in [0.4, 0.5) is 4.79 Å². The average molecular weight is 268 g/mol. The number of rotatable bonds is 3. The van der Waals surface area contributed by atoms with Crippen molar-refractivity contribution >= 4 is 12.0 Å². The second-order valence-electron chi connectivity index (χ2n) is 5.81. The number of aliphatic carboxylic acids is 1. The molecule has 2 aliphatic rings. The summed E-state index contributed by atoms with van der Waals surface area (Å²) in [6, 6.07) is -0.0866. The zero-order chi connectivity index (χ0) is 13.7. The van der Waals surface area contributed by atoms with E-state index in [0.717, 1.165) is 13.0 Å². The Hall–Kier alpha value is -1.26. The quantitative estimate of drug-likeness (QED) is 0.823. The first-order valence-corrected chi connectivity index (χ1v) is 7.42. The maximum Gasteiger partial charge on any atom is 0.317 e. The molecule has 2 fully saturated rings. The van der Waals surface area contributed by atoms with Gasteiger partial charge in [0.2, 0.25) is 0 Å². The van der Waals surface area contributed by atoms with Crippen LogP contribution in [0.3, 0.4) is 0 Å². The van der Waals surface area contributed by atoms with Crippen molar-refractivity contribution in [1.82, 2.24) is 10.2 Å². The van der Waals surface area contributed by atoms with Crippen molar-refractivity contribution in [2.45, 2.75) is 44.9 Å². The van der Waals surface area contributed by atoms with E-state index in [0.29, 0.717) is 25.4 Å². The molecule has 5 heteroatoms. The minimum absolute atomic E-state index is 0.0866. The Labute approximate surface area is 114 Å². The topological polar surface area (TPSA) is 69.6 Å². The second-order valence-corrected chi connectivity index (χ2v) is 5.81. The number of hydrogen-bond acceptors (Lipinski definition) is 2. The molecule has 0 aromatic carbocycles. The van der Waals surface area contributed by atoms with Gasteiger partial charge in [0.1, 0.15) is 0 Å². The summed E-state index contributed by atoms with van der Waals surface area (Å²) in [7, 11) is 0. The largest absolute Gasteiger partial charge is 0.481 e. The lowest BCUT2D eigenvalue weighted by Gasteiger charge is -2.31. The summed E-state index contributed by atoms with van der Waals surface area (Å²) in [4.78, 5) is 24.7. The summed E-state index contributed by atoms with van der Waals surface area (Å²) in [5.74, 6) is -0.572. The normalized spacial score (nSPS) is 25.1. The Morgan fingerprint density at radius 2 is 1.84 bits per heavy atom. The van der Waals surface area contributed by atoms with Crippen molar-refractivity contribution < 1.29 is 14.7 Å². The van der Waals surface area contributed by atoms with Gasteiger partial charge in [0, 0.05) is 19.6 Å². The Morgan fingerprint density at radius 1 is 1.11 bits per heavy atom. The molecule has 1 atom stereocenters. The molecule has 0 bridgehead atoms. The highest BCUT2D eigenvalue weighted by molar-refractivity contribution is 5.76. The molecule has 5 nitrogen and oxygen atoms in total. The summed E-state index contributed by atoms with van der Waals surface area (Å²) < 4.78 is 0. The summed E-state index contributed by atoms with van der Waals surface area (Å²) in [5, 5.41) is 12.0. The second kappa shape index (κ2) is 6.78. The minimum Gasteiger partial charge on any atom is -0.481 e. The van der Waals surface area contributed by atoms with Gasteiger partial charge in [0.05, 0.1) is 5.92 Å². The SMILES string of the molecule is O=C(O)[C@@H]1CCCN(C(=O)NCC2CCCCC2)C1. The van der Waals surface area contributed by atoms with Gasteiger partial charge in [-0.1, -0.05) is 19.3 Å². The highest BCUT2D eigenvalue weighted by Gasteiger charge is 2.28. The molecular weight excluding hydrogens is 244 g/mol. The number of nitrogens with zero attached hydrogens (tertiary/aromatic N) is 1. The molecule has 0 unspecified atom stereocenters. The van der Waals surface area contributed by atoms with E-state index in [2.05, 4.69) is 5.32 Å². The third-order valence-corrected chi connectivity index (χ3v) is 4.32. The monoisotopic (exact) mass is 268 g/mol. The Balaban J connectivity index is 1.74. The fourth-order valence-electron chi connectivity index (χ4n) is 3.10. The van der Waals surface area contributed by atoms with Gasteiger partial charge in [-0.3, -0.25) is 4.79 Å². The fraction of sp³-hybridized carbons (Fsp3) is 0.857. The zero-order valence-electron chi connectivity index (χ0n) is 11.4. The van der Waals surface area contributed by atoms with Crippen LogP contribution >= 0.6 is 0 Å². The van der Waals surface area contributed by atoms with Crippen LogP contribution in [-0.4, -0.2) is 41.6 Å². The molecule has 0 spiro atoms. The average Bonchev–Trinajstić information content (AvgIpc) is 2.46. The van der Waals surface area contributed by atoms with E-state index >= 15 is 0 Å². The van der Waals surface area contributed by atoms with E-state index in [4.69, 9.17) is 5.11 Å². The van der Waals surface area contributed by atoms with Gasteiger partial charge in [-0.15, -0.1) is 0 Å². The van der Waals surface area contributed by atoms with Crippen LogP contribution < -0.4 is 5.32 Å². The number of amides is 2. The highest BCUT2D eigenvalue weighted by Crippen LogP contribution is 2.23. The van der Waals surface area contributed by atoms with E-state index in [-0.39, 0.29) is 6.03 Å². The van der Waals surface area contributed by atoms with Gasteiger partial charge in [0.25, 0.3) is 0 Å². The van der Waals surface area contributed by atoms with Crippen molar-refractivity contribution in [3.05, 3.63) is 0 Å². The molecule has 108 valence electrons. The Bertz CT molecular complexity index is 327. The molecule has 1 aliphatic carbocycles. The van der Waals surface area contributed by atoms with E-state index in [1.807, 2.05) is 0 Å². The molecule has 2 amide bonds. The summed E-state index contributed by atoms with van der Waals surface area (Å²) in [6.45, 7) is 1.78. The van der Waals surface area contributed by atoms with Crippen molar-refractivity contribution in [2.24, 2.45) is 11.8 Å². The van der Waals surface area contributed by atoms with Gasteiger partial charge in [-0.05, 0) is 31.6 Å². The number of carboxylic acid groups (broad SMARTS) is 1. The Morgan fingerprint density at radius 3 is 2.53 bits per heavy atom. The summed E-state index contributed by atoms with van der Waals surface area (Å²) in [6.07, 6.45) is 7.74. The summed E-state index contributed by atoms with van der Waals surface area (Å²) >= 11 is 0. The third kappa shape index (κ3) is 4.11. The van der Waals surface area contributed by atoms with Gasteiger partial charge < -0.3 is 15.3 Å². The van der Waals surface area contributed by atoms with E-state index in [1.54, 1.807) is 4.90 Å². The molecule has 1 aliphatic heterocycles. The van der Waals surface area contributed by atoms with Gasteiger partial charge in [0.15, 0.2) is 0 Å². The molecule has 19 heavy (non-hydrogen) atoms. The van der Waals surface area contributed by atoms with E-state index in [9.17, 15) is 9.59 Å². The van der Waals surface area contributed by atoms with Crippen molar-refractivity contribution in [2.75, 3.05) is 19.6 Å². The van der Waals surface area contributed by atoms with Crippen LogP contribution in [0.5, 0.6) is 0 Å². The van der Waals surface area contributed by atoms with Crippen LogP contribution in [0.25, 0.3) is 0 Å². The number of nitrogens with one attached hydrogen (secondary N) is 1. The predicted molar refractivity (Wildman–Crippen MR) is 71.9 cm³/mol. The van der Waals surface area contributed by atoms with Crippen LogP contribution in [0, 0.1) is 11.8 Å². The lowest BCUT2D eigenvalue weighted by atomic mass is 9.89. The molecule has 1 saturated heterocycles. The van der Waals surface area contributed by atoms with Gasteiger partial charge in [-0.25, -0.2) is 4.79 Å². The first kappa shape index (κ1) is 14.2. The van der Waals surface area contributed by atoms with Crippen LogP contribution in [0.2, 0.25) is 0 Å².